The summed E-state index contributed by atoms with van der Waals surface area (Å²) in [7, 11) is 0. The molecule has 3 heterocycles. The van der Waals surface area contributed by atoms with Crippen molar-refractivity contribution in [3.8, 4) is 17.3 Å². The first-order valence-corrected chi connectivity index (χ1v) is 6.33. The Morgan fingerprint density at radius 2 is 2.32 bits per heavy atom. The zero-order chi connectivity index (χ0) is 15.5. The molecule has 0 aliphatic carbocycles. The molecule has 3 aromatic heterocycles. The van der Waals surface area contributed by atoms with Crippen LogP contribution in [0.2, 0.25) is 0 Å². The average molecular weight is 301 g/mol. The van der Waals surface area contributed by atoms with Crippen molar-refractivity contribution in [1.82, 2.24) is 10.1 Å². The monoisotopic (exact) mass is 301 g/mol. The number of aromatic hydroxyl groups is 1. The van der Waals surface area contributed by atoms with Gasteiger partial charge in [-0.15, -0.1) is 0 Å². The minimum Gasteiger partial charge on any atom is -0.507 e. The summed E-state index contributed by atoms with van der Waals surface area (Å²) in [5, 5.41) is 13.4. The van der Waals surface area contributed by atoms with Crippen LogP contribution in [0.1, 0.15) is 17.2 Å². The highest BCUT2D eigenvalue weighted by Gasteiger charge is 2.10. The van der Waals surface area contributed by atoms with E-state index in [4.69, 9.17) is 13.4 Å². The molecule has 8 heteroatoms. The van der Waals surface area contributed by atoms with Crippen molar-refractivity contribution >= 4 is 6.21 Å². The number of furan rings is 1. The lowest BCUT2D eigenvalue weighted by molar-refractivity contribution is 0.380. The average Bonchev–Trinajstić information content (AvgIpc) is 3.12. The Bertz CT molecular complexity index is 861. The molecule has 22 heavy (non-hydrogen) atoms. The van der Waals surface area contributed by atoms with Gasteiger partial charge in [0.2, 0.25) is 11.7 Å². The number of aliphatic imine (C=N–C) groups is 1. The van der Waals surface area contributed by atoms with E-state index >= 15 is 0 Å². The number of hydrogen-bond acceptors (Lipinski definition) is 8. The molecule has 0 aliphatic heterocycles. The van der Waals surface area contributed by atoms with Crippen LogP contribution in [-0.2, 0) is 6.54 Å². The van der Waals surface area contributed by atoms with Crippen molar-refractivity contribution in [2.24, 2.45) is 4.99 Å². The van der Waals surface area contributed by atoms with Crippen LogP contribution < -0.4 is 5.63 Å². The summed E-state index contributed by atoms with van der Waals surface area (Å²) in [6.45, 7) is 1.62. The third-order valence-corrected chi connectivity index (χ3v) is 2.75. The highest BCUT2D eigenvalue weighted by molar-refractivity contribution is 5.82. The Morgan fingerprint density at radius 3 is 3.05 bits per heavy atom. The Morgan fingerprint density at radius 1 is 1.45 bits per heavy atom. The van der Waals surface area contributed by atoms with Gasteiger partial charge in [-0.05, 0) is 19.1 Å². The van der Waals surface area contributed by atoms with Crippen LogP contribution in [0.5, 0.6) is 5.75 Å². The third-order valence-electron chi connectivity index (χ3n) is 2.75. The molecule has 0 spiro atoms. The number of aromatic nitrogens is 2. The van der Waals surface area contributed by atoms with Gasteiger partial charge in [0.15, 0.2) is 5.76 Å². The molecule has 0 unspecified atom stereocenters. The number of nitrogens with zero attached hydrogens (tertiary/aromatic N) is 3. The fraction of sp³-hybridized carbons (Fsp3) is 0.143. The van der Waals surface area contributed by atoms with E-state index in [0.29, 0.717) is 17.3 Å². The summed E-state index contributed by atoms with van der Waals surface area (Å²) < 4.78 is 15.0. The minimum absolute atomic E-state index is 0.0311. The van der Waals surface area contributed by atoms with Gasteiger partial charge in [-0.1, -0.05) is 5.16 Å². The second kappa shape index (κ2) is 5.68. The summed E-state index contributed by atoms with van der Waals surface area (Å²) in [5.74, 6) is 1.17. The molecule has 0 amide bonds. The summed E-state index contributed by atoms with van der Waals surface area (Å²) in [6.07, 6.45) is 2.71. The van der Waals surface area contributed by atoms with Crippen LogP contribution in [0.25, 0.3) is 11.6 Å². The topological polar surface area (TPSA) is 115 Å². The summed E-state index contributed by atoms with van der Waals surface area (Å²) >= 11 is 0. The van der Waals surface area contributed by atoms with Gasteiger partial charge in [-0.25, -0.2) is 4.79 Å². The van der Waals surface area contributed by atoms with E-state index in [1.807, 2.05) is 0 Å². The van der Waals surface area contributed by atoms with Gasteiger partial charge < -0.3 is 18.5 Å². The first kappa shape index (κ1) is 13.8. The van der Waals surface area contributed by atoms with Gasteiger partial charge in [0.25, 0.3) is 0 Å². The normalized spacial score (nSPS) is 11.3. The number of rotatable bonds is 4. The van der Waals surface area contributed by atoms with Crippen LogP contribution in [0.4, 0.5) is 0 Å². The van der Waals surface area contributed by atoms with Crippen LogP contribution in [-0.4, -0.2) is 21.5 Å². The molecular weight excluding hydrogens is 290 g/mol. The Balaban J connectivity index is 1.74. The molecule has 0 saturated heterocycles. The van der Waals surface area contributed by atoms with E-state index in [2.05, 4.69) is 15.1 Å². The van der Waals surface area contributed by atoms with Crippen molar-refractivity contribution in [3.63, 3.8) is 0 Å². The molecule has 112 valence electrons. The molecule has 3 rings (SSSR count). The lowest BCUT2D eigenvalue weighted by Gasteiger charge is -1.97. The van der Waals surface area contributed by atoms with Gasteiger partial charge in [-0.3, -0.25) is 4.99 Å². The predicted molar refractivity (Wildman–Crippen MR) is 74.7 cm³/mol. The van der Waals surface area contributed by atoms with Crippen LogP contribution >= 0.6 is 0 Å². The van der Waals surface area contributed by atoms with Crippen molar-refractivity contribution in [2.75, 3.05) is 0 Å². The summed E-state index contributed by atoms with van der Waals surface area (Å²) in [5.41, 5.74) is -0.695. The van der Waals surface area contributed by atoms with E-state index < -0.39 is 5.63 Å². The fourth-order valence-corrected chi connectivity index (χ4v) is 1.76. The lowest BCUT2D eigenvalue weighted by atomic mass is 10.2. The van der Waals surface area contributed by atoms with Crippen LogP contribution in [0.3, 0.4) is 0 Å². The molecule has 3 aromatic rings. The molecule has 0 saturated carbocycles. The quantitative estimate of drug-likeness (QED) is 0.732. The van der Waals surface area contributed by atoms with Gasteiger partial charge in [-0.2, -0.15) is 4.98 Å². The Labute approximate surface area is 123 Å². The zero-order valence-corrected chi connectivity index (χ0v) is 11.5. The maximum absolute atomic E-state index is 11.6. The molecule has 8 nitrogen and oxygen atoms in total. The second-order valence-corrected chi connectivity index (χ2v) is 4.40. The Kier molecular flexibility index (Phi) is 3.57. The number of hydrogen-bond donors (Lipinski definition) is 1. The molecule has 0 atom stereocenters. The maximum Gasteiger partial charge on any atom is 0.348 e. The fourth-order valence-electron chi connectivity index (χ4n) is 1.76. The molecular formula is C14H11N3O5. The summed E-state index contributed by atoms with van der Waals surface area (Å²) in [4.78, 5) is 19.7. The predicted octanol–water partition coefficient (Wildman–Crippen LogP) is 1.92. The van der Waals surface area contributed by atoms with E-state index in [9.17, 15) is 9.90 Å². The smallest absolute Gasteiger partial charge is 0.348 e. The molecule has 0 fully saturated rings. The van der Waals surface area contributed by atoms with Crippen molar-refractivity contribution < 1.29 is 18.5 Å². The summed E-state index contributed by atoms with van der Waals surface area (Å²) in [6, 6.07) is 4.75. The van der Waals surface area contributed by atoms with E-state index in [1.165, 1.54) is 18.5 Å². The second-order valence-electron chi connectivity index (χ2n) is 4.40. The van der Waals surface area contributed by atoms with E-state index in [-0.39, 0.29) is 23.7 Å². The molecule has 0 radical (unpaired) electrons. The van der Waals surface area contributed by atoms with E-state index in [0.717, 1.165) is 0 Å². The van der Waals surface area contributed by atoms with Gasteiger partial charge in [0.1, 0.15) is 23.6 Å². The highest BCUT2D eigenvalue weighted by Crippen LogP contribution is 2.16. The highest BCUT2D eigenvalue weighted by atomic mass is 16.5. The first-order chi connectivity index (χ1) is 10.6. The largest absolute Gasteiger partial charge is 0.507 e. The molecule has 0 bridgehead atoms. The Hall–Kier alpha value is -3.16. The zero-order valence-electron chi connectivity index (χ0n) is 11.5. The molecule has 0 aliphatic rings. The van der Waals surface area contributed by atoms with Crippen molar-refractivity contribution in [3.05, 3.63) is 52.1 Å². The van der Waals surface area contributed by atoms with Crippen molar-refractivity contribution in [1.29, 1.82) is 0 Å². The standard InChI is InChI=1S/C14H11N3O5/c1-8-5-10(18)9(14(19)21-8)6-15-7-12-16-13(17-22-12)11-3-2-4-20-11/h2-6,18H,7H2,1H3. The van der Waals surface area contributed by atoms with Crippen LogP contribution in [0.15, 0.2) is 47.6 Å². The van der Waals surface area contributed by atoms with Gasteiger partial charge in [0, 0.05) is 12.3 Å². The number of aryl methyl sites for hydroxylation is 1. The van der Waals surface area contributed by atoms with Crippen LogP contribution in [0, 0.1) is 6.92 Å². The van der Waals surface area contributed by atoms with E-state index in [1.54, 1.807) is 19.1 Å². The first-order valence-electron chi connectivity index (χ1n) is 6.33. The minimum atomic E-state index is -0.664. The maximum atomic E-state index is 11.6. The third kappa shape index (κ3) is 2.80. The SMILES string of the molecule is Cc1cc(O)c(C=NCc2nc(-c3ccco3)no2)c(=O)o1. The lowest BCUT2D eigenvalue weighted by Crippen LogP contribution is -2.07. The van der Waals surface area contributed by atoms with Gasteiger partial charge >= 0.3 is 5.63 Å². The molecule has 0 aromatic carbocycles. The van der Waals surface area contributed by atoms with Crippen molar-refractivity contribution in [2.45, 2.75) is 13.5 Å². The van der Waals surface area contributed by atoms with Gasteiger partial charge in [0.05, 0.1) is 6.26 Å². The molecule has 1 N–H and O–H groups in total.